The van der Waals surface area contributed by atoms with Crippen molar-refractivity contribution in [1.29, 1.82) is 0 Å². The van der Waals surface area contributed by atoms with Crippen LogP contribution in [0.4, 0.5) is 5.82 Å². The fraction of sp³-hybridized carbons (Fsp3) is 0.625. The van der Waals surface area contributed by atoms with Crippen LogP contribution in [0.2, 0.25) is 5.02 Å². The highest BCUT2D eigenvalue weighted by Gasteiger charge is 2.24. The van der Waals surface area contributed by atoms with Gasteiger partial charge in [-0.3, -0.25) is 4.79 Å². The minimum absolute atomic E-state index is 0.0772. The molecule has 4 nitrogen and oxygen atoms in total. The molecule has 21 heavy (non-hydrogen) atoms. The molecule has 0 aromatic carbocycles. The summed E-state index contributed by atoms with van der Waals surface area (Å²) in [5.41, 5.74) is 0.349. The molecule has 5 heteroatoms. The third-order valence-corrected chi connectivity index (χ3v) is 4.40. The van der Waals surface area contributed by atoms with E-state index >= 15 is 0 Å². The largest absolute Gasteiger partial charge is 0.370 e. The Bertz CT molecular complexity index is 484. The molecule has 0 spiro atoms. The quantitative estimate of drug-likeness (QED) is 0.856. The predicted octanol–water partition coefficient (Wildman–Crippen LogP) is 3.96. The van der Waals surface area contributed by atoms with Gasteiger partial charge in [0.1, 0.15) is 11.5 Å². The minimum atomic E-state index is -0.0772. The Balaban J connectivity index is 2.15. The first-order chi connectivity index (χ1) is 10.1. The maximum atomic E-state index is 12.7. The third-order valence-electron chi connectivity index (χ3n) is 4.10. The van der Waals surface area contributed by atoms with Crippen molar-refractivity contribution in [3.05, 3.63) is 22.8 Å². The zero-order valence-corrected chi connectivity index (χ0v) is 13.6. The van der Waals surface area contributed by atoms with Crippen LogP contribution < -0.4 is 5.32 Å². The molecule has 1 N–H and O–H groups in total. The molecule has 0 unspecified atom stereocenters. The second-order valence-corrected chi connectivity index (χ2v) is 6.03. The van der Waals surface area contributed by atoms with Gasteiger partial charge >= 0.3 is 0 Å². The molecule has 116 valence electrons. The molecule has 0 bridgehead atoms. The summed E-state index contributed by atoms with van der Waals surface area (Å²) in [5.74, 6) is 0.617. The number of nitrogens with one attached hydrogen (secondary N) is 1. The molecular formula is C16H24ClN3O. The van der Waals surface area contributed by atoms with Crippen LogP contribution in [0.3, 0.4) is 0 Å². The Morgan fingerprint density at radius 3 is 2.62 bits per heavy atom. The normalized spacial score (nSPS) is 16.3. The van der Waals surface area contributed by atoms with Gasteiger partial charge < -0.3 is 10.2 Å². The van der Waals surface area contributed by atoms with Gasteiger partial charge in [-0.15, -0.1) is 0 Å². The number of hydrogen-bond acceptors (Lipinski definition) is 3. The van der Waals surface area contributed by atoms with E-state index in [4.69, 9.17) is 11.6 Å². The van der Waals surface area contributed by atoms with E-state index in [9.17, 15) is 4.79 Å². The number of hydrogen-bond donors (Lipinski definition) is 1. The fourth-order valence-corrected chi connectivity index (χ4v) is 3.04. The van der Waals surface area contributed by atoms with Crippen molar-refractivity contribution in [2.24, 2.45) is 0 Å². The number of anilines is 1. The summed E-state index contributed by atoms with van der Waals surface area (Å²) in [5, 5.41) is 3.54. The number of amides is 1. The van der Waals surface area contributed by atoms with Crippen LogP contribution >= 0.6 is 11.6 Å². The standard InChI is InChI=1S/C16H24ClN3O/c1-3-18-14-11-10-13(17)15(19-14)16(21)20(2)12-8-6-4-5-7-9-12/h10-12H,3-9H2,1-2H3,(H,18,19). The Labute approximate surface area is 131 Å². The smallest absolute Gasteiger partial charge is 0.274 e. The van der Waals surface area contributed by atoms with Gasteiger partial charge in [0.15, 0.2) is 0 Å². The molecule has 0 aliphatic heterocycles. The average molecular weight is 310 g/mol. The van der Waals surface area contributed by atoms with Gasteiger partial charge in [0, 0.05) is 19.6 Å². The molecule has 1 aromatic heterocycles. The topological polar surface area (TPSA) is 45.2 Å². The zero-order chi connectivity index (χ0) is 15.2. The molecule has 0 atom stereocenters. The Morgan fingerprint density at radius 1 is 1.33 bits per heavy atom. The number of rotatable bonds is 4. The van der Waals surface area contributed by atoms with Crippen LogP contribution in [-0.4, -0.2) is 35.4 Å². The van der Waals surface area contributed by atoms with Crippen molar-refractivity contribution >= 4 is 23.3 Å². The number of carbonyl (C=O) groups is 1. The van der Waals surface area contributed by atoms with Crippen molar-refractivity contribution in [2.75, 3.05) is 18.9 Å². The highest BCUT2D eigenvalue weighted by atomic mass is 35.5. The number of nitrogens with zero attached hydrogens (tertiary/aromatic N) is 2. The first-order valence-corrected chi connectivity index (χ1v) is 8.19. The van der Waals surface area contributed by atoms with Crippen molar-refractivity contribution in [2.45, 2.75) is 51.5 Å². The van der Waals surface area contributed by atoms with Gasteiger partial charge in [0.2, 0.25) is 0 Å². The van der Waals surface area contributed by atoms with Crippen LogP contribution in [0.1, 0.15) is 55.9 Å². The Kier molecular flexibility index (Phi) is 5.85. The fourth-order valence-electron chi connectivity index (χ4n) is 2.85. The molecule has 1 fully saturated rings. The highest BCUT2D eigenvalue weighted by molar-refractivity contribution is 6.33. The predicted molar refractivity (Wildman–Crippen MR) is 87.0 cm³/mol. The van der Waals surface area contributed by atoms with Gasteiger partial charge in [-0.2, -0.15) is 0 Å². The first kappa shape index (κ1) is 16.1. The van der Waals surface area contributed by atoms with Gasteiger partial charge in [0.25, 0.3) is 5.91 Å². The van der Waals surface area contributed by atoms with Crippen LogP contribution in [0.25, 0.3) is 0 Å². The van der Waals surface area contributed by atoms with E-state index in [1.165, 1.54) is 25.7 Å². The van der Waals surface area contributed by atoms with Crippen LogP contribution in [0, 0.1) is 0 Å². The molecule has 1 amide bonds. The van der Waals surface area contributed by atoms with Crippen LogP contribution in [-0.2, 0) is 0 Å². The molecule has 1 aliphatic rings. The summed E-state index contributed by atoms with van der Waals surface area (Å²) in [6.45, 7) is 2.76. The van der Waals surface area contributed by atoms with Crippen molar-refractivity contribution in [3.8, 4) is 0 Å². The van der Waals surface area contributed by atoms with E-state index in [-0.39, 0.29) is 5.91 Å². The lowest BCUT2D eigenvalue weighted by Crippen LogP contribution is -2.37. The second kappa shape index (κ2) is 7.64. The van der Waals surface area contributed by atoms with Crippen molar-refractivity contribution in [1.82, 2.24) is 9.88 Å². The zero-order valence-electron chi connectivity index (χ0n) is 12.9. The maximum absolute atomic E-state index is 12.7. The van der Waals surface area contributed by atoms with Gasteiger partial charge in [-0.25, -0.2) is 4.98 Å². The lowest BCUT2D eigenvalue weighted by atomic mass is 10.1. The molecular weight excluding hydrogens is 286 g/mol. The van der Waals surface area contributed by atoms with E-state index < -0.39 is 0 Å². The summed E-state index contributed by atoms with van der Waals surface area (Å²) >= 11 is 6.17. The summed E-state index contributed by atoms with van der Waals surface area (Å²) in [6.07, 6.45) is 7.09. The summed E-state index contributed by atoms with van der Waals surface area (Å²) in [6, 6.07) is 3.84. The van der Waals surface area contributed by atoms with E-state index in [2.05, 4.69) is 10.3 Å². The van der Waals surface area contributed by atoms with Crippen LogP contribution in [0.5, 0.6) is 0 Å². The molecule has 1 aliphatic carbocycles. The molecule has 1 heterocycles. The summed E-state index contributed by atoms with van der Waals surface area (Å²) < 4.78 is 0. The molecule has 1 aromatic rings. The highest BCUT2D eigenvalue weighted by Crippen LogP contribution is 2.24. The van der Waals surface area contributed by atoms with Crippen molar-refractivity contribution < 1.29 is 4.79 Å². The number of halogens is 1. The SMILES string of the molecule is CCNc1ccc(Cl)c(C(=O)N(C)C2CCCCCC2)n1. The summed E-state index contributed by atoms with van der Waals surface area (Å²) in [7, 11) is 1.87. The minimum Gasteiger partial charge on any atom is -0.370 e. The number of carbonyl (C=O) groups excluding carboxylic acids is 1. The van der Waals surface area contributed by atoms with Crippen LogP contribution in [0.15, 0.2) is 12.1 Å². The monoisotopic (exact) mass is 309 g/mol. The number of pyridine rings is 1. The van der Waals surface area contributed by atoms with E-state index in [1.807, 2.05) is 18.9 Å². The number of aromatic nitrogens is 1. The van der Waals surface area contributed by atoms with Gasteiger partial charge in [0.05, 0.1) is 5.02 Å². The second-order valence-electron chi connectivity index (χ2n) is 5.62. The Morgan fingerprint density at radius 2 is 2.00 bits per heavy atom. The van der Waals surface area contributed by atoms with E-state index in [1.54, 1.807) is 12.1 Å². The molecule has 0 saturated heterocycles. The van der Waals surface area contributed by atoms with Crippen molar-refractivity contribution in [3.63, 3.8) is 0 Å². The average Bonchev–Trinajstić information content (AvgIpc) is 2.77. The molecule has 1 saturated carbocycles. The molecule has 0 radical (unpaired) electrons. The van der Waals surface area contributed by atoms with E-state index in [0.717, 1.165) is 19.4 Å². The van der Waals surface area contributed by atoms with E-state index in [0.29, 0.717) is 22.6 Å². The first-order valence-electron chi connectivity index (χ1n) is 7.81. The maximum Gasteiger partial charge on any atom is 0.274 e. The van der Waals surface area contributed by atoms with Gasteiger partial charge in [-0.1, -0.05) is 37.3 Å². The Hall–Kier alpha value is -1.29. The molecule has 2 rings (SSSR count). The lowest BCUT2D eigenvalue weighted by Gasteiger charge is -2.27. The lowest BCUT2D eigenvalue weighted by molar-refractivity contribution is 0.0712. The summed E-state index contributed by atoms with van der Waals surface area (Å²) in [4.78, 5) is 18.9. The van der Waals surface area contributed by atoms with Gasteiger partial charge in [-0.05, 0) is 31.9 Å². The third kappa shape index (κ3) is 4.10.